The monoisotopic (exact) mass is 863 g/mol. The molecule has 21 heteroatoms. The molecule has 0 spiro atoms. The summed E-state index contributed by atoms with van der Waals surface area (Å²) in [7, 11) is 1.50. The lowest BCUT2D eigenvalue weighted by molar-refractivity contribution is -0.392. The number of nitro groups is 2. The first-order valence-corrected chi connectivity index (χ1v) is 18.7. The third-order valence-corrected chi connectivity index (χ3v) is 9.76. The molecule has 0 saturated carbocycles. The van der Waals surface area contributed by atoms with Gasteiger partial charge in [0, 0.05) is 61.1 Å². The van der Waals surface area contributed by atoms with Gasteiger partial charge in [-0.1, -0.05) is 11.3 Å². The van der Waals surface area contributed by atoms with E-state index in [0.717, 1.165) is 4.47 Å². The third-order valence-electron chi connectivity index (χ3n) is 9.10. The Morgan fingerprint density at radius 1 is 0.914 bits per heavy atom. The van der Waals surface area contributed by atoms with Gasteiger partial charge in [0.05, 0.1) is 72.6 Å². The number of aromatic nitrogens is 4. The number of nitro benzene ring substituents is 2. The van der Waals surface area contributed by atoms with E-state index in [9.17, 15) is 34.6 Å². The van der Waals surface area contributed by atoms with Crippen molar-refractivity contribution in [1.29, 1.82) is 0 Å². The van der Waals surface area contributed by atoms with Crippen LogP contribution in [0.3, 0.4) is 0 Å². The van der Waals surface area contributed by atoms with E-state index in [4.69, 9.17) is 18.9 Å². The first-order chi connectivity index (χ1) is 28.0. The normalized spacial score (nSPS) is 12.7. The Morgan fingerprint density at radius 2 is 1.64 bits per heavy atom. The van der Waals surface area contributed by atoms with Crippen molar-refractivity contribution < 1.29 is 43.2 Å². The van der Waals surface area contributed by atoms with Crippen molar-refractivity contribution in [3.8, 4) is 11.5 Å². The van der Waals surface area contributed by atoms with E-state index in [1.807, 2.05) is 0 Å². The van der Waals surface area contributed by atoms with E-state index in [1.165, 1.54) is 36.4 Å². The van der Waals surface area contributed by atoms with Crippen LogP contribution in [0.1, 0.15) is 26.4 Å². The molecule has 3 aromatic carbocycles. The molecule has 1 aliphatic rings. The highest BCUT2D eigenvalue weighted by atomic mass is 79.9. The largest absolute Gasteiger partial charge is 0.496 e. The summed E-state index contributed by atoms with van der Waals surface area (Å²) in [4.78, 5) is 67.2. The fraction of sp³-hybridized carbons (Fsp3) is 0.324. The van der Waals surface area contributed by atoms with E-state index in [0.29, 0.717) is 46.8 Å². The Kier molecular flexibility index (Phi) is 13.6. The molecule has 1 saturated heterocycles. The Balaban J connectivity index is 0.874. The quantitative estimate of drug-likeness (QED) is 0.0388. The zero-order valence-electron chi connectivity index (χ0n) is 31.1. The smallest absolute Gasteiger partial charge is 0.299 e. The molecule has 1 fully saturated rings. The Hall–Kier alpha value is -6.45. The van der Waals surface area contributed by atoms with Crippen LogP contribution in [0.15, 0.2) is 71.5 Å². The van der Waals surface area contributed by atoms with E-state index < -0.39 is 32.9 Å². The molecule has 20 nitrogen and oxygen atoms in total. The molecule has 2 amide bonds. The fourth-order valence-electron chi connectivity index (χ4n) is 6.24. The number of carbonyl (C=O) groups excluding carboxylic acids is 3. The number of hydrogen-bond donors (Lipinski definition) is 2. The zero-order chi connectivity index (χ0) is 41.2. The minimum Gasteiger partial charge on any atom is -0.496 e. The summed E-state index contributed by atoms with van der Waals surface area (Å²) in [5.41, 5.74) is 0.847. The van der Waals surface area contributed by atoms with E-state index in [1.54, 1.807) is 52.2 Å². The van der Waals surface area contributed by atoms with Gasteiger partial charge in [0.25, 0.3) is 29.0 Å². The molecule has 2 aromatic heterocycles. The Morgan fingerprint density at radius 3 is 2.36 bits per heavy atom. The predicted octanol–water partition coefficient (Wildman–Crippen LogP) is 4.24. The summed E-state index contributed by atoms with van der Waals surface area (Å²) in [6.07, 6.45) is 3.19. The number of ketones is 1. The van der Waals surface area contributed by atoms with Crippen LogP contribution in [0.25, 0.3) is 10.9 Å². The van der Waals surface area contributed by atoms with Crippen LogP contribution >= 0.6 is 15.9 Å². The van der Waals surface area contributed by atoms with Crippen molar-refractivity contribution in [2.75, 3.05) is 71.6 Å². The van der Waals surface area contributed by atoms with E-state index in [2.05, 4.69) is 36.5 Å². The number of methoxy groups -OCH3 is 1. The zero-order valence-corrected chi connectivity index (χ0v) is 32.7. The molecular formula is C37H38BrN9O11. The van der Waals surface area contributed by atoms with Crippen molar-refractivity contribution in [3.63, 3.8) is 0 Å². The summed E-state index contributed by atoms with van der Waals surface area (Å²) in [5.74, 6) is -0.561. The summed E-state index contributed by atoms with van der Waals surface area (Å²) in [6, 6.07) is 13.9. The second-order valence-electron chi connectivity index (χ2n) is 12.7. The standard InChI is InChI=1S/C37H38BrN9O11/c1-55-31-9-8-28(38)33-32(31)27(21-40-33)35(48)37(50)44-13-11-43(12-14-44)36(49)24-4-2-5-26(20-24)58-19-18-56-17-15-45-22-25(41-42-45)23-57-16-10-39-34-29(46(51)52)6-3-7-30(34)47(53)54/h2-9,20-22,39-40H,10-19,23H2,1H3. The van der Waals surface area contributed by atoms with Crippen LogP contribution in [0.4, 0.5) is 17.1 Å². The van der Waals surface area contributed by atoms with Gasteiger partial charge in [-0.15, -0.1) is 5.10 Å². The highest BCUT2D eigenvalue weighted by Crippen LogP contribution is 2.35. The number of rotatable bonds is 19. The first kappa shape index (κ1) is 41.2. The molecular weight excluding hydrogens is 826 g/mol. The lowest BCUT2D eigenvalue weighted by Gasteiger charge is -2.34. The molecule has 3 heterocycles. The predicted molar refractivity (Wildman–Crippen MR) is 210 cm³/mol. The van der Waals surface area contributed by atoms with Crippen molar-refractivity contribution in [2.45, 2.75) is 13.2 Å². The number of amides is 2. The summed E-state index contributed by atoms with van der Waals surface area (Å²) < 4.78 is 24.8. The lowest BCUT2D eigenvalue weighted by atomic mass is 10.1. The topological polar surface area (TPSA) is 239 Å². The fourth-order valence-corrected chi connectivity index (χ4v) is 6.68. The van der Waals surface area contributed by atoms with Crippen LogP contribution < -0.4 is 14.8 Å². The molecule has 304 valence electrons. The highest BCUT2D eigenvalue weighted by molar-refractivity contribution is 9.10. The number of H-pyrrole nitrogens is 1. The Labute approximate surface area is 338 Å². The molecule has 0 bridgehead atoms. The van der Waals surface area contributed by atoms with Gasteiger partial charge >= 0.3 is 0 Å². The molecule has 0 radical (unpaired) electrons. The lowest BCUT2D eigenvalue weighted by Crippen LogP contribution is -2.52. The van der Waals surface area contributed by atoms with Gasteiger partial charge in [0.1, 0.15) is 23.8 Å². The van der Waals surface area contributed by atoms with Gasteiger partial charge < -0.3 is 39.0 Å². The van der Waals surface area contributed by atoms with Gasteiger partial charge in [0.2, 0.25) is 0 Å². The number of nitrogens with zero attached hydrogens (tertiary/aromatic N) is 7. The molecule has 0 unspecified atom stereocenters. The van der Waals surface area contributed by atoms with Gasteiger partial charge in [-0.05, 0) is 52.3 Å². The number of para-hydroxylation sites is 1. The van der Waals surface area contributed by atoms with Crippen LogP contribution in [-0.2, 0) is 27.4 Å². The number of ether oxygens (including phenoxy) is 4. The molecule has 5 aromatic rings. The van der Waals surface area contributed by atoms with E-state index in [-0.39, 0.29) is 76.3 Å². The van der Waals surface area contributed by atoms with Crippen LogP contribution in [0.2, 0.25) is 0 Å². The molecule has 6 rings (SSSR count). The number of halogens is 1. The van der Waals surface area contributed by atoms with Crippen LogP contribution in [-0.4, -0.2) is 123 Å². The average Bonchev–Trinajstić information content (AvgIpc) is 3.89. The average molecular weight is 865 g/mol. The van der Waals surface area contributed by atoms with Crippen molar-refractivity contribution in [1.82, 2.24) is 29.8 Å². The number of nitrogens with one attached hydrogen (secondary N) is 2. The summed E-state index contributed by atoms with van der Waals surface area (Å²) in [5, 5.41) is 33.9. The van der Waals surface area contributed by atoms with Gasteiger partial charge in [-0.3, -0.25) is 34.6 Å². The number of benzene rings is 3. The number of anilines is 1. The maximum atomic E-state index is 13.3. The van der Waals surface area contributed by atoms with Gasteiger partial charge in [-0.2, -0.15) is 0 Å². The number of carbonyl (C=O) groups is 3. The van der Waals surface area contributed by atoms with E-state index >= 15 is 0 Å². The first-order valence-electron chi connectivity index (χ1n) is 17.9. The molecule has 58 heavy (non-hydrogen) atoms. The third kappa shape index (κ3) is 9.73. The van der Waals surface area contributed by atoms with Gasteiger partial charge in [-0.25, -0.2) is 4.68 Å². The van der Waals surface area contributed by atoms with Crippen molar-refractivity contribution >= 4 is 61.5 Å². The summed E-state index contributed by atoms with van der Waals surface area (Å²) in [6.45, 7) is 2.44. The second kappa shape index (κ2) is 19.1. The summed E-state index contributed by atoms with van der Waals surface area (Å²) >= 11 is 3.46. The second-order valence-corrected chi connectivity index (χ2v) is 13.6. The number of hydrogen-bond acceptors (Lipinski definition) is 14. The molecule has 0 atom stereocenters. The minimum absolute atomic E-state index is 0.0882. The van der Waals surface area contributed by atoms with Crippen LogP contribution in [0.5, 0.6) is 11.5 Å². The molecule has 0 aliphatic carbocycles. The maximum absolute atomic E-state index is 13.3. The number of Topliss-reactive ketones (excluding diaryl/α,β-unsaturated/α-hetero) is 1. The highest BCUT2D eigenvalue weighted by Gasteiger charge is 2.31. The van der Waals surface area contributed by atoms with Gasteiger partial charge in [0.15, 0.2) is 5.69 Å². The maximum Gasteiger partial charge on any atom is 0.299 e. The number of piperazine rings is 1. The SMILES string of the molecule is COc1ccc(Br)c2[nH]cc(C(=O)C(=O)N3CCN(C(=O)c4cccc(OCCOCCn5cc(COCCNc6c([N+](=O)[O-])cccc6[N+](=O)[O-])nn5)c4)CC3)c12. The minimum atomic E-state index is -0.690. The van der Waals surface area contributed by atoms with Crippen LogP contribution in [0, 0.1) is 20.2 Å². The molecule has 1 aliphatic heterocycles. The van der Waals surface area contributed by atoms with Crippen molar-refractivity contribution in [3.05, 3.63) is 109 Å². The number of aromatic amines is 1. The number of fused-ring (bicyclic) bond motifs is 1. The Bertz CT molecular complexity index is 2270. The molecule has 2 N–H and O–H groups in total. The van der Waals surface area contributed by atoms with Crippen molar-refractivity contribution in [2.24, 2.45) is 0 Å².